The number of aryl methyl sites for hydroxylation is 2. The fourth-order valence-corrected chi connectivity index (χ4v) is 3.65. The number of nitriles is 1. The van der Waals surface area contributed by atoms with E-state index in [-0.39, 0.29) is 6.04 Å². The number of carbonyl (C=O) groups excluding carboxylic acids is 1. The van der Waals surface area contributed by atoms with Gasteiger partial charge in [-0.2, -0.15) is 5.26 Å². The number of rotatable bonds is 2. The summed E-state index contributed by atoms with van der Waals surface area (Å²) >= 11 is 0. The summed E-state index contributed by atoms with van der Waals surface area (Å²) in [4.78, 5) is 16.4. The standard InChI is InChI=1S/C19H15N3O/c1-12-6-8-15-16(10-20)18(11-23)22(19(15)21-12)17-9-7-13-4-2-3-5-14(13)17/h2-6,8,11,17H,7,9H2,1H3. The van der Waals surface area contributed by atoms with E-state index in [0.29, 0.717) is 11.3 Å². The van der Waals surface area contributed by atoms with Crippen molar-refractivity contribution in [2.24, 2.45) is 0 Å². The number of fused-ring (bicyclic) bond motifs is 2. The highest BCUT2D eigenvalue weighted by atomic mass is 16.1. The lowest BCUT2D eigenvalue weighted by Gasteiger charge is -2.17. The molecule has 4 heteroatoms. The smallest absolute Gasteiger partial charge is 0.167 e. The molecule has 1 aromatic carbocycles. The lowest BCUT2D eigenvalue weighted by atomic mass is 10.1. The molecule has 0 fully saturated rings. The molecule has 112 valence electrons. The number of hydrogen-bond acceptors (Lipinski definition) is 3. The molecule has 3 aromatic rings. The van der Waals surface area contributed by atoms with Crippen molar-refractivity contribution in [1.82, 2.24) is 9.55 Å². The third-order valence-corrected chi connectivity index (χ3v) is 4.66. The Bertz CT molecular complexity index is 978. The maximum atomic E-state index is 11.7. The lowest BCUT2D eigenvalue weighted by Crippen LogP contribution is -2.11. The molecule has 1 aliphatic rings. The average Bonchev–Trinajstić information content (AvgIpc) is 3.12. The van der Waals surface area contributed by atoms with E-state index >= 15 is 0 Å². The van der Waals surface area contributed by atoms with Crippen LogP contribution in [0.25, 0.3) is 11.0 Å². The highest BCUT2D eigenvalue weighted by Crippen LogP contribution is 2.38. The number of hydrogen-bond donors (Lipinski definition) is 0. The van der Waals surface area contributed by atoms with Crippen LogP contribution in [0.3, 0.4) is 0 Å². The van der Waals surface area contributed by atoms with Crippen LogP contribution in [0, 0.1) is 18.3 Å². The van der Waals surface area contributed by atoms with Gasteiger partial charge in [-0.25, -0.2) is 4.98 Å². The Morgan fingerprint density at radius 2 is 2.13 bits per heavy atom. The number of carbonyl (C=O) groups is 1. The van der Waals surface area contributed by atoms with Gasteiger partial charge in [0.1, 0.15) is 17.4 Å². The third-order valence-electron chi connectivity index (χ3n) is 4.66. The molecule has 0 bridgehead atoms. The molecule has 0 saturated heterocycles. The summed E-state index contributed by atoms with van der Waals surface area (Å²) in [5, 5.41) is 10.3. The number of aldehydes is 1. The zero-order valence-electron chi connectivity index (χ0n) is 12.8. The van der Waals surface area contributed by atoms with Crippen molar-refractivity contribution < 1.29 is 4.79 Å². The van der Waals surface area contributed by atoms with Gasteiger partial charge in [0.25, 0.3) is 0 Å². The van der Waals surface area contributed by atoms with Gasteiger partial charge in [0.05, 0.1) is 11.6 Å². The van der Waals surface area contributed by atoms with Gasteiger partial charge < -0.3 is 4.57 Å². The minimum atomic E-state index is 0.0605. The normalized spacial score (nSPS) is 16.3. The second kappa shape index (κ2) is 5.06. The minimum absolute atomic E-state index is 0.0605. The maximum Gasteiger partial charge on any atom is 0.167 e. The molecule has 0 radical (unpaired) electrons. The van der Waals surface area contributed by atoms with E-state index in [1.54, 1.807) is 0 Å². The molecule has 0 spiro atoms. The summed E-state index contributed by atoms with van der Waals surface area (Å²) in [6.07, 6.45) is 2.69. The van der Waals surface area contributed by atoms with Crippen molar-refractivity contribution in [3.63, 3.8) is 0 Å². The molecule has 4 nitrogen and oxygen atoms in total. The molecule has 0 saturated carbocycles. The highest BCUT2D eigenvalue weighted by Gasteiger charge is 2.29. The van der Waals surface area contributed by atoms with E-state index in [1.807, 2.05) is 35.8 Å². The number of nitrogens with zero attached hydrogens (tertiary/aromatic N) is 3. The Kier molecular flexibility index (Phi) is 3.02. The van der Waals surface area contributed by atoms with E-state index < -0.39 is 0 Å². The van der Waals surface area contributed by atoms with E-state index in [4.69, 9.17) is 0 Å². The van der Waals surface area contributed by atoms with Crippen LogP contribution in [0.5, 0.6) is 0 Å². The monoisotopic (exact) mass is 301 g/mol. The summed E-state index contributed by atoms with van der Waals surface area (Å²) in [7, 11) is 0. The maximum absolute atomic E-state index is 11.7. The zero-order chi connectivity index (χ0) is 16.0. The zero-order valence-corrected chi connectivity index (χ0v) is 12.8. The Labute approximate surface area is 134 Å². The summed E-state index contributed by atoms with van der Waals surface area (Å²) in [6, 6.07) is 14.3. The summed E-state index contributed by atoms with van der Waals surface area (Å²) < 4.78 is 1.96. The molecule has 0 N–H and O–H groups in total. The van der Waals surface area contributed by atoms with Crippen LogP contribution in [0.2, 0.25) is 0 Å². The van der Waals surface area contributed by atoms with E-state index in [0.717, 1.165) is 35.9 Å². The van der Waals surface area contributed by atoms with Crippen molar-refractivity contribution in [1.29, 1.82) is 5.26 Å². The van der Waals surface area contributed by atoms with Gasteiger partial charge >= 0.3 is 0 Å². The molecular weight excluding hydrogens is 286 g/mol. The fourth-order valence-electron chi connectivity index (χ4n) is 3.65. The molecule has 23 heavy (non-hydrogen) atoms. The molecule has 4 rings (SSSR count). The molecule has 0 aliphatic heterocycles. The summed E-state index contributed by atoms with van der Waals surface area (Å²) in [5.41, 5.74) is 4.99. The van der Waals surface area contributed by atoms with E-state index in [2.05, 4.69) is 23.2 Å². The third kappa shape index (κ3) is 1.90. The second-order valence-corrected chi connectivity index (χ2v) is 5.94. The van der Waals surface area contributed by atoms with Gasteiger partial charge in [0, 0.05) is 11.1 Å². The van der Waals surface area contributed by atoms with Crippen LogP contribution in [-0.2, 0) is 6.42 Å². The first-order chi connectivity index (χ1) is 11.2. The number of aromatic nitrogens is 2. The first kappa shape index (κ1) is 13.7. The SMILES string of the molecule is Cc1ccc2c(C#N)c(C=O)n(C3CCc4ccccc43)c2n1. The van der Waals surface area contributed by atoms with Gasteiger partial charge in [-0.1, -0.05) is 24.3 Å². The highest BCUT2D eigenvalue weighted by molar-refractivity contribution is 5.94. The van der Waals surface area contributed by atoms with Crippen LogP contribution in [0.4, 0.5) is 0 Å². The number of benzene rings is 1. The molecule has 2 aromatic heterocycles. The Morgan fingerprint density at radius 1 is 1.30 bits per heavy atom. The molecule has 1 aliphatic carbocycles. The van der Waals surface area contributed by atoms with E-state index in [1.165, 1.54) is 11.1 Å². The van der Waals surface area contributed by atoms with Crippen molar-refractivity contribution in [2.75, 3.05) is 0 Å². The van der Waals surface area contributed by atoms with Gasteiger partial charge in [0.15, 0.2) is 6.29 Å². The van der Waals surface area contributed by atoms with Crippen molar-refractivity contribution in [3.05, 3.63) is 64.5 Å². The first-order valence-corrected chi connectivity index (χ1v) is 7.69. The molecule has 1 atom stereocenters. The Morgan fingerprint density at radius 3 is 2.91 bits per heavy atom. The first-order valence-electron chi connectivity index (χ1n) is 7.69. The molecule has 2 heterocycles. The largest absolute Gasteiger partial charge is 0.314 e. The molecular formula is C19H15N3O. The van der Waals surface area contributed by atoms with Crippen LogP contribution >= 0.6 is 0 Å². The Hall–Kier alpha value is -2.93. The van der Waals surface area contributed by atoms with Gasteiger partial charge in [0.2, 0.25) is 0 Å². The van der Waals surface area contributed by atoms with Crippen LogP contribution in [0.15, 0.2) is 36.4 Å². The Balaban J connectivity index is 2.06. The van der Waals surface area contributed by atoms with Gasteiger partial charge in [-0.3, -0.25) is 4.79 Å². The predicted octanol–water partition coefficient (Wildman–Crippen LogP) is 3.56. The average molecular weight is 301 g/mol. The second-order valence-electron chi connectivity index (χ2n) is 5.94. The predicted molar refractivity (Wildman–Crippen MR) is 87.5 cm³/mol. The van der Waals surface area contributed by atoms with Gasteiger partial charge in [-0.15, -0.1) is 0 Å². The van der Waals surface area contributed by atoms with Crippen molar-refractivity contribution in [2.45, 2.75) is 25.8 Å². The molecule has 0 amide bonds. The molecule has 1 unspecified atom stereocenters. The quantitative estimate of drug-likeness (QED) is 0.680. The van der Waals surface area contributed by atoms with Crippen molar-refractivity contribution in [3.8, 4) is 6.07 Å². The van der Waals surface area contributed by atoms with Crippen LogP contribution < -0.4 is 0 Å². The lowest BCUT2D eigenvalue weighted by molar-refractivity contribution is 0.111. The van der Waals surface area contributed by atoms with Crippen LogP contribution in [-0.4, -0.2) is 15.8 Å². The number of pyridine rings is 1. The summed E-state index contributed by atoms with van der Waals surface area (Å²) in [5.74, 6) is 0. The van der Waals surface area contributed by atoms with Gasteiger partial charge in [-0.05, 0) is 43.0 Å². The van der Waals surface area contributed by atoms with E-state index in [9.17, 15) is 10.1 Å². The van der Waals surface area contributed by atoms with Crippen LogP contribution in [0.1, 0.15) is 45.3 Å². The minimum Gasteiger partial charge on any atom is -0.314 e. The fraction of sp³-hybridized carbons (Fsp3) is 0.211. The summed E-state index contributed by atoms with van der Waals surface area (Å²) in [6.45, 7) is 1.92. The van der Waals surface area contributed by atoms with Crippen molar-refractivity contribution >= 4 is 17.3 Å². The topological polar surface area (TPSA) is 58.7 Å².